The first-order valence-corrected chi connectivity index (χ1v) is 13.8. The van der Waals surface area contributed by atoms with E-state index in [0.29, 0.717) is 37.6 Å². The van der Waals surface area contributed by atoms with Crippen LogP contribution in [-0.4, -0.2) is 77.8 Å². The summed E-state index contributed by atoms with van der Waals surface area (Å²) in [5.74, 6) is 6.42. The average Bonchev–Trinajstić information content (AvgIpc) is 2.76. The summed E-state index contributed by atoms with van der Waals surface area (Å²) in [6, 6.07) is 0. The summed E-state index contributed by atoms with van der Waals surface area (Å²) < 4.78 is 21.6. The second-order valence-corrected chi connectivity index (χ2v) is 12.2. The van der Waals surface area contributed by atoms with Crippen LogP contribution in [0.25, 0.3) is 0 Å². The van der Waals surface area contributed by atoms with E-state index >= 15 is 0 Å². The second kappa shape index (κ2) is 19.2. The quantitative estimate of drug-likeness (QED) is 0.165. The zero-order valence-electron chi connectivity index (χ0n) is 24.5. The van der Waals surface area contributed by atoms with Gasteiger partial charge in [-0.05, 0) is 92.3 Å². The van der Waals surface area contributed by atoms with Gasteiger partial charge in [-0.3, -0.25) is 0 Å². The Hall–Kier alpha value is 1.10. The van der Waals surface area contributed by atoms with Gasteiger partial charge in [0.25, 0.3) is 0 Å². The fraction of sp³-hybridized carbons (Fsp3) is 1.00. The fourth-order valence-electron chi connectivity index (χ4n) is 6.00. The molecule has 0 amide bonds. The van der Waals surface area contributed by atoms with Crippen LogP contribution in [0.15, 0.2) is 0 Å². The molecule has 0 N–H and O–H groups in total. The molecule has 0 saturated heterocycles. The number of ether oxygens (including phenoxy) is 4. The number of hydrogen-bond acceptors (Lipinski definition) is 4. The molecule has 0 aliphatic heterocycles. The third-order valence-electron chi connectivity index (χ3n) is 8.12. The van der Waals surface area contributed by atoms with Crippen molar-refractivity contribution in [3.8, 4) is 0 Å². The van der Waals surface area contributed by atoms with Crippen LogP contribution >= 0.6 is 0 Å². The Balaban J connectivity index is 0.000000632. The molecular weight excluding hydrogens is 452 g/mol. The Kier molecular flexibility index (Phi) is 19.8. The molecule has 0 aromatic carbocycles. The van der Waals surface area contributed by atoms with E-state index in [-0.39, 0.29) is 37.7 Å². The van der Waals surface area contributed by atoms with Gasteiger partial charge in [-0.2, -0.15) is 0 Å². The molecule has 0 spiro atoms. The maximum Gasteiger partial charge on any atom is 0.149 e. The van der Waals surface area contributed by atoms with Crippen molar-refractivity contribution in [2.75, 3.05) is 27.8 Å². The number of rotatable bonds is 11. The van der Waals surface area contributed by atoms with Gasteiger partial charge in [-0.15, -0.1) is 0 Å². The summed E-state index contributed by atoms with van der Waals surface area (Å²) in [7, 11) is 3.50. The van der Waals surface area contributed by atoms with Crippen LogP contribution in [-0.2, 0) is 18.9 Å². The second-order valence-electron chi connectivity index (χ2n) is 12.2. The van der Waals surface area contributed by atoms with E-state index in [1.807, 2.05) is 7.11 Å². The Labute approximate surface area is 243 Å². The van der Waals surface area contributed by atoms with Crippen LogP contribution in [0.1, 0.15) is 100 Å². The van der Waals surface area contributed by atoms with Crippen LogP contribution in [0.2, 0.25) is 0 Å². The van der Waals surface area contributed by atoms with E-state index in [1.165, 1.54) is 44.9 Å². The van der Waals surface area contributed by atoms with Gasteiger partial charge in [0, 0.05) is 52.0 Å². The summed E-state index contributed by atoms with van der Waals surface area (Å²) in [5, 5.41) is 0. The van der Waals surface area contributed by atoms with Gasteiger partial charge in [0.15, 0.2) is 0 Å². The topological polar surface area (TPSA) is 36.9 Å². The van der Waals surface area contributed by atoms with Gasteiger partial charge >= 0.3 is 0 Å². The van der Waals surface area contributed by atoms with Gasteiger partial charge in [-0.25, -0.2) is 0 Å². The summed E-state index contributed by atoms with van der Waals surface area (Å²) >= 11 is 0. The third kappa shape index (κ3) is 13.6. The van der Waals surface area contributed by atoms with E-state index < -0.39 is 0 Å². The van der Waals surface area contributed by atoms with Crippen LogP contribution in [0.3, 0.4) is 0 Å². The van der Waals surface area contributed by atoms with Gasteiger partial charge < -0.3 is 18.9 Å². The van der Waals surface area contributed by atoms with Crippen molar-refractivity contribution in [1.29, 1.82) is 0 Å². The Bertz CT molecular complexity index is 483. The smallest absolute Gasteiger partial charge is 0.149 e. The molecule has 0 aromatic heterocycles. The van der Waals surface area contributed by atoms with E-state index in [4.69, 9.17) is 18.9 Å². The Morgan fingerprint density at radius 3 is 1.85 bits per heavy atom. The molecule has 4 unspecified atom stereocenters. The fourth-order valence-corrected chi connectivity index (χ4v) is 6.00. The minimum Gasteiger partial charge on any atom is -0.381 e. The first-order valence-electron chi connectivity index (χ1n) is 13.8. The number of hydrogen-bond donors (Lipinski definition) is 0. The van der Waals surface area contributed by atoms with Crippen LogP contribution in [0.5, 0.6) is 0 Å². The van der Waals surface area contributed by atoms with Crippen LogP contribution in [0, 0.1) is 47.3 Å². The van der Waals surface area contributed by atoms with Crippen molar-refractivity contribution in [2.45, 2.75) is 113 Å². The van der Waals surface area contributed by atoms with E-state index in [1.54, 1.807) is 7.11 Å². The van der Waals surface area contributed by atoms with Crippen molar-refractivity contribution in [3.63, 3.8) is 0 Å². The van der Waals surface area contributed by atoms with Gasteiger partial charge in [0.2, 0.25) is 0 Å². The monoisotopic (exact) mass is 510 g/mol. The molecule has 34 heavy (non-hydrogen) atoms. The van der Waals surface area contributed by atoms with Crippen molar-refractivity contribution in [3.05, 3.63) is 0 Å². The van der Waals surface area contributed by atoms with Gasteiger partial charge in [0.1, 0.15) is 13.6 Å². The average molecular weight is 511 g/mol. The van der Waals surface area contributed by atoms with Crippen molar-refractivity contribution in [2.24, 2.45) is 47.3 Å². The molecule has 2 saturated carbocycles. The molecule has 2 aliphatic carbocycles. The van der Waals surface area contributed by atoms with Crippen LogP contribution < -0.4 is 0 Å². The largest absolute Gasteiger partial charge is 0.381 e. The summed E-state index contributed by atoms with van der Waals surface area (Å²) in [6.07, 6.45) is 10.0. The maximum atomic E-state index is 5.88. The molecule has 2 rings (SSSR count). The molecule has 6 atom stereocenters. The van der Waals surface area contributed by atoms with Crippen LogP contribution in [0.4, 0.5) is 0 Å². The molecule has 5 heteroatoms. The molecule has 4 nitrogen and oxygen atoms in total. The standard InChI is InChI=1S/C15H30O3.C14H28O.Ca/c1-11(2)13-6-7-15(14(8-13)12(3)4)18-10-17-9-16-5;1-10(2)6-12-7-13(11(3)4)9-14(8-12)15-5;/h11-15H,6-10H2,1-5H3;10-14H,6-9H2,1-5H3;/t13?,14?,15-;12?,13?,14-;/m11./s1. The molecule has 2 fully saturated rings. The van der Waals surface area contributed by atoms with Crippen molar-refractivity contribution >= 4 is 37.7 Å². The summed E-state index contributed by atoms with van der Waals surface area (Å²) in [4.78, 5) is 0. The maximum absolute atomic E-state index is 5.88. The van der Waals surface area contributed by atoms with E-state index in [9.17, 15) is 0 Å². The number of methoxy groups -OCH3 is 2. The molecule has 0 heterocycles. The summed E-state index contributed by atoms with van der Waals surface area (Å²) in [6.45, 7) is 19.3. The van der Waals surface area contributed by atoms with Crippen molar-refractivity contribution < 1.29 is 18.9 Å². The van der Waals surface area contributed by atoms with E-state index in [2.05, 4.69) is 55.4 Å². The minimum absolute atomic E-state index is 0. The zero-order valence-corrected chi connectivity index (χ0v) is 26.7. The summed E-state index contributed by atoms with van der Waals surface area (Å²) in [5.41, 5.74) is 0. The minimum atomic E-state index is 0. The normalized spacial score (nSPS) is 29.8. The Morgan fingerprint density at radius 2 is 1.35 bits per heavy atom. The molecule has 2 aliphatic rings. The van der Waals surface area contributed by atoms with Gasteiger partial charge in [0.05, 0.1) is 12.2 Å². The predicted octanol–water partition coefficient (Wildman–Crippen LogP) is 7.42. The first-order chi connectivity index (χ1) is 15.6. The Morgan fingerprint density at radius 1 is 0.706 bits per heavy atom. The zero-order chi connectivity index (χ0) is 25.0. The van der Waals surface area contributed by atoms with Gasteiger partial charge in [-0.1, -0.05) is 55.4 Å². The predicted molar refractivity (Wildman–Crippen MR) is 145 cm³/mol. The molecule has 0 bridgehead atoms. The SMILES string of the molecule is COCOCO[C@@H]1CCC(C(C)C)CC1C(C)C.CO[C@@H]1CC(CC(C)C)CC(C(C)C)C1.[Ca]. The van der Waals surface area contributed by atoms with Crippen molar-refractivity contribution in [1.82, 2.24) is 0 Å². The molecule has 200 valence electrons. The molecule has 0 aromatic rings. The van der Waals surface area contributed by atoms with E-state index in [0.717, 1.165) is 35.5 Å². The molecule has 2 radical (unpaired) electrons. The first kappa shape index (κ1) is 35.1. The third-order valence-corrected chi connectivity index (χ3v) is 8.12. The molecular formula is C29H58CaO4.